The number of hydrogen-bond donors (Lipinski definition) is 2. The molecule has 8 heteroatoms. The van der Waals surface area contributed by atoms with Gasteiger partial charge in [0.1, 0.15) is 5.84 Å². The molecule has 0 saturated carbocycles. The maximum absolute atomic E-state index is 12.5. The minimum absolute atomic E-state index is 0.0432. The van der Waals surface area contributed by atoms with Crippen LogP contribution in [0, 0.1) is 0 Å². The lowest BCUT2D eigenvalue weighted by Gasteiger charge is -2.38. The van der Waals surface area contributed by atoms with Crippen molar-refractivity contribution in [1.82, 2.24) is 20.0 Å². The molecule has 1 aromatic carbocycles. The second kappa shape index (κ2) is 11.2. The summed E-state index contributed by atoms with van der Waals surface area (Å²) < 4.78 is 0. The third kappa shape index (κ3) is 6.90. The quantitative estimate of drug-likeness (QED) is 0.363. The monoisotopic (exact) mass is 440 g/mol. The van der Waals surface area contributed by atoms with Crippen molar-refractivity contribution in [3.05, 3.63) is 42.1 Å². The predicted molar refractivity (Wildman–Crippen MR) is 128 cm³/mol. The number of hydrogen-bond acceptors (Lipinski definition) is 5. The van der Waals surface area contributed by atoms with Gasteiger partial charge in [-0.15, -0.1) is 0 Å². The molecule has 3 N–H and O–H groups in total. The van der Waals surface area contributed by atoms with E-state index in [-0.39, 0.29) is 5.91 Å². The first-order valence-corrected chi connectivity index (χ1v) is 11.5. The SMILES string of the molecule is CC(C)(N)C(=O)N1CCN(C(/C=C\NC=O)=Nc2ccc(CCN3CCCC3)cc2)CC1. The van der Waals surface area contributed by atoms with Crippen LogP contribution in [0.15, 0.2) is 41.5 Å². The average molecular weight is 441 g/mol. The number of nitrogens with two attached hydrogens (primary N) is 1. The van der Waals surface area contributed by atoms with Crippen molar-refractivity contribution < 1.29 is 9.59 Å². The molecule has 2 aliphatic rings. The van der Waals surface area contributed by atoms with Gasteiger partial charge >= 0.3 is 0 Å². The second-order valence-corrected chi connectivity index (χ2v) is 9.05. The molecule has 1 aromatic rings. The Labute approximate surface area is 191 Å². The maximum Gasteiger partial charge on any atom is 0.242 e. The highest BCUT2D eigenvalue weighted by Crippen LogP contribution is 2.17. The molecule has 2 aliphatic heterocycles. The van der Waals surface area contributed by atoms with Crippen LogP contribution in [0.25, 0.3) is 0 Å². The number of likely N-dealkylation sites (tertiary alicyclic amines) is 1. The summed E-state index contributed by atoms with van der Waals surface area (Å²) in [4.78, 5) is 34.4. The van der Waals surface area contributed by atoms with Crippen LogP contribution in [0.2, 0.25) is 0 Å². The minimum atomic E-state index is -0.872. The van der Waals surface area contributed by atoms with Crippen LogP contribution < -0.4 is 11.1 Å². The predicted octanol–water partition coefficient (Wildman–Crippen LogP) is 1.50. The summed E-state index contributed by atoms with van der Waals surface area (Å²) in [7, 11) is 0. The van der Waals surface area contributed by atoms with Gasteiger partial charge in [-0.2, -0.15) is 0 Å². The van der Waals surface area contributed by atoms with Crippen molar-refractivity contribution >= 4 is 23.8 Å². The van der Waals surface area contributed by atoms with E-state index in [4.69, 9.17) is 10.7 Å². The highest BCUT2D eigenvalue weighted by Gasteiger charge is 2.30. The number of aliphatic imine (C=N–C) groups is 1. The van der Waals surface area contributed by atoms with Crippen molar-refractivity contribution in [2.45, 2.75) is 38.6 Å². The molecule has 0 spiro atoms. The largest absolute Gasteiger partial charge is 0.353 e. The number of amides is 2. The molecule has 2 fully saturated rings. The molecule has 0 bridgehead atoms. The number of nitrogens with zero attached hydrogens (tertiary/aromatic N) is 4. The number of nitrogens with one attached hydrogen (secondary N) is 1. The number of carbonyl (C=O) groups excluding carboxylic acids is 2. The zero-order chi connectivity index (χ0) is 23.0. The Bertz CT molecular complexity index is 814. The fourth-order valence-corrected chi connectivity index (χ4v) is 4.08. The fraction of sp³-hybridized carbons (Fsp3) is 0.542. The lowest BCUT2D eigenvalue weighted by molar-refractivity contribution is -0.137. The lowest BCUT2D eigenvalue weighted by Crippen LogP contribution is -2.57. The van der Waals surface area contributed by atoms with Crippen molar-refractivity contribution in [2.24, 2.45) is 10.7 Å². The summed E-state index contributed by atoms with van der Waals surface area (Å²) >= 11 is 0. The van der Waals surface area contributed by atoms with E-state index in [0.717, 1.165) is 24.5 Å². The topological polar surface area (TPSA) is 94.3 Å². The summed E-state index contributed by atoms with van der Waals surface area (Å²) in [6, 6.07) is 8.35. The van der Waals surface area contributed by atoms with Crippen LogP contribution in [-0.4, -0.2) is 84.2 Å². The molecule has 0 aromatic heterocycles. The molecule has 0 unspecified atom stereocenters. The van der Waals surface area contributed by atoms with Gasteiger partial charge in [-0.3, -0.25) is 9.59 Å². The summed E-state index contributed by atoms with van der Waals surface area (Å²) in [5.74, 6) is 0.710. The molecule has 0 radical (unpaired) electrons. The normalized spacial score (nSPS) is 18.4. The van der Waals surface area contributed by atoms with Crippen LogP contribution in [0.1, 0.15) is 32.3 Å². The molecule has 3 rings (SSSR count). The summed E-state index contributed by atoms with van der Waals surface area (Å²) in [6.07, 6.45) is 7.68. The average Bonchev–Trinajstić information content (AvgIpc) is 3.31. The Balaban J connectivity index is 1.64. The fourth-order valence-electron chi connectivity index (χ4n) is 4.08. The van der Waals surface area contributed by atoms with Gasteiger partial charge in [-0.1, -0.05) is 12.1 Å². The van der Waals surface area contributed by atoms with Crippen LogP contribution >= 0.6 is 0 Å². The van der Waals surface area contributed by atoms with Crippen LogP contribution in [-0.2, 0) is 16.0 Å². The molecule has 0 aliphatic carbocycles. The third-order valence-electron chi connectivity index (χ3n) is 5.93. The highest BCUT2D eigenvalue weighted by molar-refractivity contribution is 5.95. The Morgan fingerprint density at radius 3 is 2.28 bits per heavy atom. The second-order valence-electron chi connectivity index (χ2n) is 9.05. The molecule has 0 atom stereocenters. The standard InChI is InChI=1S/C24H36N6O2/c1-24(2,25)23(32)30-17-15-29(16-18-30)22(9-11-26-19-31)27-21-7-5-20(6-8-21)10-14-28-12-3-4-13-28/h5-9,11,19H,3-4,10,12-18,25H2,1-2H3,(H,26,31)/b11-9-,27-22?. The molecule has 32 heavy (non-hydrogen) atoms. The van der Waals surface area contributed by atoms with Gasteiger partial charge < -0.3 is 25.8 Å². The minimum Gasteiger partial charge on any atom is -0.353 e. The van der Waals surface area contributed by atoms with E-state index < -0.39 is 5.54 Å². The smallest absolute Gasteiger partial charge is 0.242 e. The number of rotatable bonds is 8. The number of benzene rings is 1. The Morgan fingerprint density at radius 1 is 1.06 bits per heavy atom. The molecule has 8 nitrogen and oxygen atoms in total. The van der Waals surface area contributed by atoms with E-state index in [1.54, 1.807) is 31.0 Å². The van der Waals surface area contributed by atoms with Crippen LogP contribution in [0.3, 0.4) is 0 Å². The lowest BCUT2D eigenvalue weighted by atomic mass is 10.0. The molecular weight excluding hydrogens is 404 g/mol. The van der Waals surface area contributed by atoms with E-state index in [1.807, 2.05) is 12.1 Å². The van der Waals surface area contributed by atoms with Crippen LogP contribution in [0.5, 0.6) is 0 Å². The molecular formula is C24H36N6O2. The first-order chi connectivity index (χ1) is 15.4. The van der Waals surface area contributed by atoms with Gasteiger partial charge in [0.15, 0.2) is 0 Å². The van der Waals surface area contributed by atoms with Gasteiger partial charge in [-0.05, 0) is 70.0 Å². The van der Waals surface area contributed by atoms with Gasteiger partial charge in [-0.25, -0.2) is 4.99 Å². The van der Waals surface area contributed by atoms with E-state index in [0.29, 0.717) is 32.6 Å². The Morgan fingerprint density at radius 2 is 1.69 bits per heavy atom. The number of piperazine rings is 1. The third-order valence-corrected chi connectivity index (χ3v) is 5.93. The first-order valence-electron chi connectivity index (χ1n) is 11.5. The van der Waals surface area contributed by atoms with Crippen molar-refractivity contribution in [2.75, 3.05) is 45.8 Å². The van der Waals surface area contributed by atoms with E-state index in [1.165, 1.54) is 31.5 Å². The van der Waals surface area contributed by atoms with Gasteiger partial charge in [0.05, 0.1) is 11.2 Å². The van der Waals surface area contributed by atoms with Gasteiger partial charge in [0, 0.05) is 38.9 Å². The zero-order valence-corrected chi connectivity index (χ0v) is 19.3. The molecule has 174 valence electrons. The van der Waals surface area contributed by atoms with Crippen molar-refractivity contribution in [1.29, 1.82) is 0 Å². The van der Waals surface area contributed by atoms with Crippen LogP contribution in [0.4, 0.5) is 5.69 Å². The van der Waals surface area contributed by atoms with Gasteiger partial charge in [0.25, 0.3) is 0 Å². The summed E-state index contributed by atoms with van der Waals surface area (Å²) in [5, 5.41) is 2.55. The van der Waals surface area contributed by atoms with Gasteiger partial charge in [0.2, 0.25) is 12.3 Å². The molecule has 2 saturated heterocycles. The summed E-state index contributed by atoms with van der Waals surface area (Å²) in [6.45, 7) is 9.49. The highest BCUT2D eigenvalue weighted by atomic mass is 16.2. The first kappa shape index (κ1) is 23.9. The van der Waals surface area contributed by atoms with E-state index in [2.05, 4.69) is 27.2 Å². The van der Waals surface area contributed by atoms with Crippen molar-refractivity contribution in [3.63, 3.8) is 0 Å². The van der Waals surface area contributed by atoms with Crippen molar-refractivity contribution in [3.8, 4) is 0 Å². The zero-order valence-electron chi connectivity index (χ0n) is 19.3. The van der Waals surface area contributed by atoms with E-state index >= 15 is 0 Å². The number of amidine groups is 1. The summed E-state index contributed by atoms with van der Waals surface area (Å²) in [5.41, 5.74) is 7.28. The molecule has 2 amide bonds. The maximum atomic E-state index is 12.5. The number of carbonyl (C=O) groups is 2. The molecule has 2 heterocycles. The van der Waals surface area contributed by atoms with E-state index in [9.17, 15) is 9.59 Å². The Hall–Kier alpha value is -2.71. The Kier molecular flexibility index (Phi) is 8.41.